The van der Waals surface area contributed by atoms with E-state index in [1.165, 1.54) is 0 Å². The summed E-state index contributed by atoms with van der Waals surface area (Å²) in [5.74, 6) is -2.48. The molecule has 0 amide bonds. The predicted molar refractivity (Wildman–Crippen MR) is 58.1 cm³/mol. The van der Waals surface area contributed by atoms with Crippen LogP contribution in [-0.4, -0.2) is 37.0 Å². The molecule has 1 saturated heterocycles. The van der Waals surface area contributed by atoms with Gasteiger partial charge in [-0.25, -0.2) is 8.78 Å². The molecule has 0 saturated carbocycles. The maximum absolute atomic E-state index is 13.1. The SMILES string of the molecule is CC(C)(CN)CCN1CCCC(F)(F)C1. The van der Waals surface area contributed by atoms with Gasteiger partial charge < -0.3 is 5.73 Å². The smallest absolute Gasteiger partial charge is 0.260 e. The van der Waals surface area contributed by atoms with Gasteiger partial charge in [0.05, 0.1) is 6.54 Å². The number of nitrogens with two attached hydrogens (primary N) is 1. The van der Waals surface area contributed by atoms with Gasteiger partial charge in [0.15, 0.2) is 0 Å². The average molecular weight is 220 g/mol. The lowest BCUT2D eigenvalue weighted by atomic mass is 9.89. The Morgan fingerprint density at radius 3 is 2.60 bits per heavy atom. The van der Waals surface area contributed by atoms with E-state index in [1.54, 1.807) is 0 Å². The summed E-state index contributed by atoms with van der Waals surface area (Å²) < 4.78 is 26.2. The highest BCUT2D eigenvalue weighted by atomic mass is 19.3. The summed E-state index contributed by atoms with van der Waals surface area (Å²) >= 11 is 0. The first kappa shape index (κ1) is 12.8. The van der Waals surface area contributed by atoms with E-state index in [9.17, 15) is 8.78 Å². The third kappa shape index (κ3) is 4.43. The first-order valence-corrected chi connectivity index (χ1v) is 5.65. The molecule has 1 heterocycles. The van der Waals surface area contributed by atoms with Crippen molar-refractivity contribution in [3.8, 4) is 0 Å². The molecule has 1 aliphatic rings. The number of likely N-dealkylation sites (tertiary alicyclic amines) is 1. The van der Waals surface area contributed by atoms with Gasteiger partial charge in [0, 0.05) is 6.42 Å². The molecule has 0 aromatic heterocycles. The third-order valence-electron chi connectivity index (χ3n) is 3.13. The molecule has 0 aromatic rings. The third-order valence-corrected chi connectivity index (χ3v) is 3.13. The number of alkyl halides is 2. The van der Waals surface area contributed by atoms with E-state index in [0.717, 1.165) is 19.5 Å². The van der Waals surface area contributed by atoms with Crippen molar-refractivity contribution in [3.63, 3.8) is 0 Å². The number of nitrogens with zero attached hydrogens (tertiary/aromatic N) is 1. The van der Waals surface area contributed by atoms with E-state index in [4.69, 9.17) is 5.73 Å². The molecular weight excluding hydrogens is 198 g/mol. The van der Waals surface area contributed by atoms with Crippen molar-refractivity contribution in [2.75, 3.05) is 26.2 Å². The minimum Gasteiger partial charge on any atom is -0.330 e. The first-order chi connectivity index (χ1) is 6.85. The molecule has 2 nitrogen and oxygen atoms in total. The maximum atomic E-state index is 13.1. The molecule has 4 heteroatoms. The van der Waals surface area contributed by atoms with Gasteiger partial charge in [-0.1, -0.05) is 13.8 Å². The summed E-state index contributed by atoms with van der Waals surface area (Å²) in [6.07, 6.45) is 1.54. The van der Waals surface area contributed by atoms with E-state index >= 15 is 0 Å². The van der Waals surface area contributed by atoms with Gasteiger partial charge in [-0.15, -0.1) is 0 Å². The van der Waals surface area contributed by atoms with Crippen molar-refractivity contribution < 1.29 is 8.78 Å². The molecule has 2 N–H and O–H groups in total. The van der Waals surface area contributed by atoms with Crippen LogP contribution in [0.15, 0.2) is 0 Å². The van der Waals surface area contributed by atoms with Crippen LogP contribution in [0.1, 0.15) is 33.1 Å². The fourth-order valence-electron chi connectivity index (χ4n) is 1.80. The summed E-state index contributed by atoms with van der Waals surface area (Å²) in [5, 5.41) is 0. The van der Waals surface area contributed by atoms with E-state index in [-0.39, 0.29) is 18.4 Å². The Morgan fingerprint density at radius 1 is 1.40 bits per heavy atom. The maximum Gasteiger partial charge on any atom is 0.260 e. The summed E-state index contributed by atoms with van der Waals surface area (Å²) in [6, 6.07) is 0. The molecule has 0 unspecified atom stereocenters. The van der Waals surface area contributed by atoms with Crippen LogP contribution in [0, 0.1) is 5.41 Å². The lowest BCUT2D eigenvalue weighted by Crippen LogP contribution is -2.44. The summed E-state index contributed by atoms with van der Waals surface area (Å²) in [6.45, 7) is 6.23. The molecule has 1 rings (SSSR count). The van der Waals surface area contributed by atoms with Crippen molar-refractivity contribution >= 4 is 0 Å². The second-order valence-corrected chi connectivity index (χ2v) is 5.35. The van der Waals surface area contributed by atoms with E-state index < -0.39 is 5.92 Å². The fraction of sp³-hybridized carbons (Fsp3) is 1.00. The summed E-state index contributed by atoms with van der Waals surface area (Å²) in [4.78, 5) is 1.86. The first-order valence-electron chi connectivity index (χ1n) is 5.65. The number of rotatable bonds is 4. The molecule has 15 heavy (non-hydrogen) atoms. The van der Waals surface area contributed by atoms with Gasteiger partial charge in [-0.2, -0.15) is 0 Å². The van der Waals surface area contributed by atoms with Crippen LogP contribution in [0.25, 0.3) is 0 Å². The topological polar surface area (TPSA) is 29.3 Å². The van der Waals surface area contributed by atoms with Gasteiger partial charge in [-0.3, -0.25) is 4.90 Å². The number of piperidine rings is 1. The minimum absolute atomic E-state index is 0.0454. The van der Waals surface area contributed by atoms with E-state index in [1.807, 2.05) is 4.90 Å². The molecule has 0 aromatic carbocycles. The molecule has 0 bridgehead atoms. The van der Waals surface area contributed by atoms with Crippen molar-refractivity contribution in [2.45, 2.75) is 39.0 Å². The van der Waals surface area contributed by atoms with Crippen LogP contribution in [0.4, 0.5) is 8.78 Å². The number of hydrogen-bond acceptors (Lipinski definition) is 2. The standard InChI is InChI=1S/C11H22F2N2/c1-10(2,8-14)5-7-15-6-3-4-11(12,13)9-15/h3-9,14H2,1-2H3. The van der Waals surface area contributed by atoms with Gasteiger partial charge in [0.25, 0.3) is 5.92 Å². The van der Waals surface area contributed by atoms with Crippen molar-refractivity contribution in [1.82, 2.24) is 4.90 Å². The molecule has 0 aliphatic carbocycles. The molecule has 90 valence electrons. The monoisotopic (exact) mass is 220 g/mol. The normalized spacial score (nSPS) is 23.0. The van der Waals surface area contributed by atoms with Crippen LogP contribution in [0.3, 0.4) is 0 Å². The van der Waals surface area contributed by atoms with E-state index in [2.05, 4.69) is 13.8 Å². The molecule has 0 radical (unpaired) electrons. The number of halogens is 2. The Hall–Kier alpha value is -0.220. The molecule has 0 spiro atoms. The zero-order valence-electron chi connectivity index (χ0n) is 9.73. The van der Waals surface area contributed by atoms with E-state index in [0.29, 0.717) is 13.0 Å². The molecule has 1 fully saturated rings. The predicted octanol–water partition coefficient (Wildman–Crippen LogP) is 2.09. The lowest BCUT2D eigenvalue weighted by Gasteiger charge is -2.34. The van der Waals surface area contributed by atoms with Crippen molar-refractivity contribution in [1.29, 1.82) is 0 Å². The van der Waals surface area contributed by atoms with Crippen LogP contribution < -0.4 is 5.73 Å². The molecular formula is C11H22F2N2. The second-order valence-electron chi connectivity index (χ2n) is 5.35. The summed E-state index contributed by atoms with van der Waals surface area (Å²) in [5.41, 5.74) is 5.67. The highest BCUT2D eigenvalue weighted by Crippen LogP contribution is 2.27. The Balaban J connectivity index is 2.33. The second kappa shape index (κ2) is 4.74. The van der Waals surface area contributed by atoms with Gasteiger partial charge in [0.2, 0.25) is 0 Å². The molecule has 0 atom stereocenters. The van der Waals surface area contributed by atoms with Gasteiger partial charge in [0.1, 0.15) is 0 Å². The highest BCUT2D eigenvalue weighted by Gasteiger charge is 2.35. The largest absolute Gasteiger partial charge is 0.330 e. The van der Waals surface area contributed by atoms with Crippen LogP contribution >= 0.6 is 0 Å². The van der Waals surface area contributed by atoms with Crippen LogP contribution in [0.2, 0.25) is 0 Å². The Labute approximate surface area is 90.8 Å². The quantitative estimate of drug-likeness (QED) is 0.786. The summed E-state index contributed by atoms with van der Waals surface area (Å²) in [7, 11) is 0. The number of hydrogen-bond donors (Lipinski definition) is 1. The van der Waals surface area contributed by atoms with Gasteiger partial charge >= 0.3 is 0 Å². The Kier molecular flexibility index (Phi) is 4.06. The zero-order valence-corrected chi connectivity index (χ0v) is 9.73. The Bertz CT molecular complexity index is 205. The zero-order chi connectivity index (χ0) is 11.5. The van der Waals surface area contributed by atoms with Crippen LogP contribution in [-0.2, 0) is 0 Å². The average Bonchev–Trinajstić information content (AvgIpc) is 2.14. The van der Waals surface area contributed by atoms with Gasteiger partial charge in [-0.05, 0) is 37.9 Å². The van der Waals surface area contributed by atoms with Crippen molar-refractivity contribution in [3.05, 3.63) is 0 Å². The van der Waals surface area contributed by atoms with Crippen LogP contribution in [0.5, 0.6) is 0 Å². The molecule has 1 aliphatic heterocycles. The minimum atomic E-state index is -2.48. The highest BCUT2D eigenvalue weighted by molar-refractivity contribution is 4.80. The Morgan fingerprint density at radius 2 is 2.07 bits per heavy atom. The van der Waals surface area contributed by atoms with Crippen molar-refractivity contribution in [2.24, 2.45) is 11.1 Å². The fourth-order valence-corrected chi connectivity index (χ4v) is 1.80. The lowest BCUT2D eigenvalue weighted by molar-refractivity contribution is -0.0656.